The van der Waals surface area contributed by atoms with Gasteiger partial charge in [0.2, 0.25) is 5.76 Å². The number of carboxylic acid groups (broad SMARTS) is 1. The van der Waals surface area contributed by atoms with E-state index in [9.17, 15) is 4.79 Å². The van der Waals surface area contributed by atoms with Crippen LogP contribution in [-0.2, 0) is 5.41 Å². The molecule has 3 heteroatoms. The van der Waals surface area contributed by atoms with E-state index < -0.39 is 5.97 Å². The van der Waals surface area contributed by atoms with E-state index in [1.54, 1.807) is 6.07 Å². The van der Waals surface area contributed by atoms with Gasteiger partial charge in [-0.15, -0.1) is 0 Å². The Morgan fingerprint density at radius 3 is 2.41 bits per heavy atom. The van der Waals surface area contributed by atoms with E-state index in [4.69, 9.17) is 9.52 Å². The summed E-state index contributed by atoms with van der Waals surface area (Å²) in [5, 5.41) is 9.81. The standard InChI is InChI=1S/C14H16O3/c1-8-5-9-7-11(13(15)16)17-12(9)10(6-8)14(2,3)4/h5-7H,1-4H3,(H,15,16). The summed E-state index contributed by atoms with van der Waals surface area (Å²) in [5.74, 6) is -1.03. The molecule has 0 spiro atoms. The third-order valence-corrected chi connectivity index (χ3v) is 2.78. The van der Waals surface area contributed by atoms with Gasteiger partial charge in [-0.25, -0.2) is 4.79 Å². The van der Waals surface area contributed by atoms with Crippen molar-refractivity contribution in [1.82, 2.24) is 0 Å². The van der Waals surface area contributed by atoms with E-state index >= 15 is 0 Å². The van der Waals surface area contributed by atoms with Crippen LogP contribution >= 0.6 is 0 Å². The summed E-state index contributed by atoms with van der Waals surface area (Å²) in [6.45, 7) is 8.26. The first-order valence-electron chi connectivity index (χ1n) is 5.57. The van der Waals surface area contributed by atoms with Gasteiger partial charge in [0.15, 0.2) is 0 Å². The third-order valence-electron chi connectivity index (χ3n) is 2.78. The van der Waals surface area contributed by atoms with Gasteiger partial charge in [-0.05, 0) is 30.0 Å². The fourth-order valence-corrected chi connectivity index (χ4v) is 1.97. The van der Waals surface area contributed by atoms with Gasteiger partial charge in [0.25, 0.3) is 0 Å². The quantitative estimate of drug-likeness (QED) is 0.814. The number of carboxylic acids is 1. The lowest BCUT2D eigenvalue weighted by molar-refractivity contribution is 0.0665. The Hall–Kier alpha value is -1.77. The fraction of sp³-hybridized carbons (Fsp3) is 0.357. The average molecular weight is 232 g/mol. The second kappa shape index (κ2) is 3.62. The molecule has 2 rings (SSSR count). The molecule has 0 saturated heterocycles. The van der Waals surface area contributed by atoms with Crippen molar-refractivity contribution < 1.29 is 14.3 Å². The smallest absolute Gasteiger partial charge is 0.371 e. The molecule has 1 N–H and O–H groups in total. The van der Waals surface area contributed by atoms with E-state index in [2.05, 4.69) is 26.8 Å². The van der Waals surface area contributed by atoms with Crippen LogP contribution in [0.15, 0.2) is 22.6 Å². The number of hydrogen-bond acceptors (Lipinski definition) is 2. The van der Waals surface area contributed by atoms with E-state index in [1.807, 2.05) is 13.0 Å². The molecular weight excluding hydrogens is 216 g/mol. The molecule has 0 aliphatic rings. The fourth-order valence-electron chi connectivity index (χ4n) is 1.97. The van der Waals surface area contributed by atoms with Crippen LogP contribution in [0.2, 0.25) is 0 Å². The first-order chi connectivity index (χ1) is 7.79. The van der Waals surface area contributed by atoms with Gasteiger partial charge in [-0.1, -0.05) is 26.8 Å². The molecule has 0 aliphatic carbocycles. The van der Waals surface area contributed by atoms with Crippen molar-refractivity contribution in [1.29, 1.82) is 0 Å². The minimum absolute atomic E-state index is 0.00361. The highest BCUT2D eigenvalue weighted by molar-refractivity contribution is 5.93. The zero-order valence-electron chi connectivity index (χ0n) is 10.5. The lowest BCUT2D eigenvalue weighted by Gasteiger charge is -2.19. The molecule has 0 atom stereocenters. The SMILES string of the molecule is Cc1cc(C(C)(C)C)c2oc(C(=O)O)cc2c1. The van der Waals surface area contributed by atoms with Gasteiger partial charge in [0.1, 0.15) is 5.58 Å². The van der Waals surface area contributed by atoms with Gasteiger partial charge >= 0.3 is 5.97 Å². The second-order valence-corrected chi connectivity index (χ2v) is 5.40. The Balaban J connectivity index is 2.79. The lowest BCUT2D eigenvalue weighted by Crippen LogP contribution is -2.11. The zero-order valence-corrected chi connectivity index (χ0v) is 10.5. The predicted octanol–water partition coefficient (Wildman–Crippen LogP) is 3.74. The number of rotatable bonds is 1. The van der Waals surface area contributed by atoms with E-state index in [0.717, 1.165) is 16.5 Å². The Bertz CT molecular complexity index is 585. The molecule has 0 radical (unpaired) electrons. The Kier molecular flexibility index (Phi) is 2.49. The molecule has 1 aromatic carbocycles. The summed E-state index contributed by atoms with van der Waals surface area (Å²) in [5.41, 5.74) is 2.76. The van der Waals surface area contributed by atoms with Crippen LogP contribution in [0.1, 0.15) is 42.5 Å². The molecule has 90 valence electrons. The molecule has 0 bridgehead atoms. The van der Waals surface area contributed by atoms with Crippen LogP contribution in [0, 0.1) is 6.92 Å². The third kappa shape index (κ3) is 2.05. The molecule has 0 saturated carbocycles. The van der Waals surface area contributed by atoms with Crippen molar-refractivity contribution in [2.75, 3.05) is 0 Å². The highest BCUT2D eigenvalue weighted by Gasteiger charge is 2.21. The van der Waals surface area contributed by atoms with Gasteiger partial charge < -0.3 is 9.52 Å². The van der Waals surface area contributed by atoms with Crippen LogP contribution in [0.3, 0.4) is 0 Å². The first kappa shape index (κ1) is 11.7. The summed E-state index contributed by atoms with van der Waals surface area (Å²) in [7, 11) is 0. The highest BCUT2D eigenvalue weighted by Crippen LogP contribution is 2.33. The minimum Gasteiger partial charge on any atom is -0.475 e. The van der Waals surface area contributed by atoms with Gasteiger partial charge in [-0.2, -0.15) is 0 Å². The Morgan fingerprint density at radius 2 is 1.88 bits per heavy atom. The van der Waals surface area contributed by atoms with Crippen LogP contribution in [0.5, 0.6) is 0 Å². The summed E-state index contributed by atoms with van der Waals surface area (Å²) >= 11 is 0. The Morgan fingerprint density at radius 1 is 1.24 bits per heavy atom. The summed E-state index contributed by atoms with van der Waals surface area (Å²) in [4.78, 5) is 10.9. The number of benzene rings is 1. The van der Waals surface area contributed by atoms with Gasteiger partial charge in [0.05, 0.1) is 0 Å². The van der Waals surface area contributed by atoms with Crippen molar-refractivity contribution in [3.8, 4) is 0 Å². The molecule has 0 amide bonds. The van der Waals surface area contributed by atoms with Crippen molar-refractivity contribution in [2.24, 2.45) is 0 Å². The molecule has 0 fully saturated rings. The normalized spacial score (nSPS) is 12.0. The van der Waals surface area contributed by atoms with Crippen molar-refractivity contribution in [2.45, 2.75) is 33.1 Å². The molecule has 2 aromatic rings. The van der Waals surface area contributed by atoms with Crippen molar-refractivity contribution in [3.05, 3.63) is 35.1 Å². The number of furan rings is 1. The van der Waals surface area contributed by atoms with E-state index in [0.29, 0.717) is 5.58 Å². The predicted molar refractivity (Wildman–Crippen MR) is 66.6 cm³/mol. The average Bonchev–Trinajstić information content (AvgIpc) is 2.58. The molecule has 0 aliphatic heterocycles. The second-order valence-electron chi connectivity index (χ2n) is 5.40. The van der Waals surface area contributed by atoms with E-state index in [1.165, 1.54) is 0 Å². The maximum atomic E-state index is 10.9. The number of hydrogen-bond donors (Lipinski definition) is 1. The maximum Gasteiger partial charge on any atom is 0.371 e. The molecule has 1 aromatic heterocycles. The topological polar surface area (TPSA) is 50.4 Å². The molecule has 0 unspecified atom stereocenters. The molecule has 1 heterocycles. The molecule has 17 heavy (non-hydrogen) atoms. The van der Waals surface area contributed by atoms with Crippen LogP contribution in [0.4, 0.5) is 0 Å². The summed E-state index contributed by atoms with van der Waals surface area (Å²) in [6, 6.07) is 5.58. The molecule has 3 nitrogen and oxygen atoms in total. The first-order valence-corrected chi connectivity index (χ1v) is 5.57. The number of aryl methyl sites for hydroxylation is 1. The minimum atomic E-state index is -1.03. The number of fused-ring (bicyclic) bond motifs is 1. The van der Waals surface area contributed by atoms with Crippen LogP contribution in [0.25, 0.3) is 11.0 Å². The van der Waals surface area contributed by atoms with Crippen molar-refractivity contribution in [3.63, 3.8) is 0 Å². The largest absolute Gasteiger partial charge is 0.475 e. The zero-order chi connectivity index (χ0) is 12.8. The highest BCUT2D eigenvalue weighted by atomic mass is 16.4. The number of aromatic carboxylic acids is 1. The molecular formula is C14H16O3. The van der Waals surface area contributed by atoms with Crippen LogP contribution < -0.4 is 0 Å². The van der Waals surface area contributed by atoms with Gasteiger partial charge in [-0.3, -0.25) is 0 Å². The van der Waals surface area contributed by atoms with Crippen molar-refractivity contribution >= 4 is 16.9 Å². The van der Waals surface area contributed by atoms with E-state index in [-0.39, 0.29) is 11.2 Å². The lowest BCUT2D eigenvalue weighted by atomic mass is 9.85. The monoisotopic (exact) mass is 232 g/mol. The summed E-state index contributed by atoms with van der Waals surface area (Å²) in [6.07, 6.45) is 0. The van der Waals surface area contributed by atoms with Crippen LogP contribution in [-0.4, -0.2) is 11.1 Å². The maximum absolute atomic E-state index is 10.9. The Labute approximate surface area is 100 Å². The van der Waals surface area contributed by atoms with Gasteiger partial charge in [0, 0.05) is 10.9 Å². The summed E-state index contributed by atoms with van der Waals surface area (Å²) < 4.78 is 5.44. The number of carbonyl (C=O) groups is 1.